The van der Waals surface area contributed by atoms with Crippen molar-refractivity contribution in [1.29, 1.82) is 10.5 Å². The van der Waals surface area contributed by atoms with Crippen LogP contribution in [0.1, 0.15) is 11.4 Å². The lowest BCUT2D eigenvalue weighted by Gasteiger charge is -1.94. The van der Waals surface area contributed by atoms with Gasteiger partial charge in [-0.2, -0.15) is 20.0 Å². The number of hydrogen-bond donors (Lipinski definition) is 1. The first-order valence-electron chi connectivity index (χ1n) is 5.22. The van der Waals surface area contributed by atoms with E-state index < -0.39 is 0 Å². The molecule has 0 spiro atoms. The molecule has 7 nitrogen and oxygen atoms in total. The van der Waals surface area contributed by atoms with Gasteiger partial charge in [-0.1, -0.05) is 0 Å². The van der Waals surface area contributed by atoms with Crippen LogP contribution in [0.25, 0.3) is 17.3 Å². The van der Waals surface area contributed by atoms with E-state index in [-0.39, 0.29) is 28.9 Å². The van der Waals surface area contributed by atoms with Gasteiger partial charge in [0.1, 0.15) is 17.9 Å². The fourth-order valence-electron chi connectivity index (χ4n) is 1.65. The van der Waals surface area contributed by atoms with Crippen LogP contribution < -0.4 is 0 Å². The molecule has 1 aromatic carbocycles. The molecule has 0 fully saturated rings. The zero-order chi connectivity index (χ0) is 13.4. The van der Waals surface area contributed by atoms with Crippen LogP contribution in [-0.4, -0.2) is 19.7 Å². The third-order valence-corrected chi connectivity index (χ3v) is 2.53. The Hall–Kier alpha value is -3.32. The molecule has 0 atom stereocenters. The number of rotatable bonds is 1. The van der Waals surface area contributed by atoms with E-state index in [1.807, 2.05) is 6.07 Å². The molecule has 0 amide bonds. The van der Waals surface area contributed by atoms with E-state index >= 15 is 0 Å². The average molecular weight is 251 g/mol. The number of benzene rings is 1. The highest BCUT2D eigenvalue weighted by molar-refractivity contribution is 5.56. The van der Waals surface area contributed by atoms with Crippen molar-refractivity contribution in [2.24, 2.45) is 0 Å². The van der Waals surface area contributed by atoms with E-state index in [2.05, 4.69) is 10.1 Å². The summed E-state index contributed by atoms with van der Waals surface area (Å²) in [6.45, 7) is 0. The highest BCUT2D eigenvalue weighted by atomic mass is 16.4. The van der Waals surface area contributed by atoms with Crippen molar-refractivity contribution in [3.05, 3.63) is 35.7 Å². The molecule has 7 heteroatoms. The highest BCUT2D eigenvalue weighted by Gasteiger charge is 2.18. The van der Waals surface area contributed by atoms with Gasteiger partial charge in [0, 0.05) is 5.56 Å². The molecular formula is C12H5N5O2. The molecule has 0 saturated carbocycles. The van der Waals surface area contributed by atoms with Gasteiger partial charge in [0.25, 0.3) is 0 Å². The van der Waals surface area contributed by atoms with E-state index in [1.165, 1.54) is 16.6 Å². The molecule has 2 aromatic heterocycles. The number of aromatic hydroxyl groups is 1. The fraction of sp³-hybridized carbons (Fsp3) is 0. The molecule has 0 aliphatic carbocycles. The minimum atomic E-state index is -0.0222. The first kappa shape index (κ1) is 10.8. The Labute approximate surface area is 106 Å². The molecule has 0 aliphatic heterocycles. The van der Waals surface area contributed by atoms with Crippen molar-refractivity contribution in [3.63, 3.8) is 0 Å². The third-order valence-electron chi connectivity index (χ3n) is 2.53. The van der Waals surface area contributed by atoms with Gasteiger partial charge >= 0.3 is 5.84 Å². The Morgan fingerprint density at radius 1 is 1.16 bits per heavy atom. The summed E-state index contributed by atoms with van der Waals surface area (Å²) in [6, 6.07) is 9.89. The number of hydrogen-bond acceptors (Lipinski definition) is 6. The first-order valence-corrected chi connectivity index (χ1v) is 5.22. The van der Waals surface area contributed by atoms with Crippen molar-refractivity contribution in [3.8, 4) is 29.3 Å². The second kappa shape index (κ2) is 3.86. The van der Waals surface area contributed by atoms with Crippen LogP contribution in [0.5, 0.6) is 5.75 Å². The summed E-state index contributed by atoms with van der Waals surface area (Å²) in [7, 11) is 0. The van der Waals surface area contributed by atoms with Gasteiger partial charge < -0.3 is 9.52 Å². The van der Waals surface area contributed by atoms with Crippen LogP contribution in [0.2, 0.25) is 0 Å². The predicted octanol–water partition coefficient (Wildman–Crippen LogP) is 1.44. The van der Waals surface area contributed by atoms with Gasteiger partial charge in [-0.05, 0) is 24.3 Å². The van der Waals surface area contributed by atoms with E-state index in [0.29, 0.717) is 5.56 Å². The number of phenolic OH excluding ortho intramolecular Hbond substituents is 1. The normalized spacial score (nSPS) is 10.2. The summed E-state index contributed by atoms with van der Waals surface area (Å²) in [6.07, 6.45) is 0. The largest absolute Gasteiger partial charge is 0.508 e. The topological polar surface area (TPSA) is 111 Å². The summed E-state index contributed by atoms with van der Waals surface area (Å²) >= 11 is 0. The Kier molecular flexibility index (Phi) is 2.20. The number of nitrogens with zero attached hydrogens (tertiary/aromatic N) is 5. The van der Waals surface area contributed by atoms with Crippen LogP contribution >= 0.6 is 0 Å². The highest BCUT2D eigenvalue weighted by Crippen LogP contribution is 2.23. The monoisotopic (exact) mass is 251 g/mol. The maximum Gasteiger partial charge on any atom is 0.327 e. The van der Waals surface area contributed by atoms with Crippen molar-refractivity contribution < 1.29 is 9.52 Å². The Morgan fingerprint density at radius 2 is 1.89 bits per heavy atom. The van der Waals surface area contributed by atoms with E-state index in [4.69, 9.17) is 14.9 Å². The second-order valence-electron chi connectivity index (χ2n) is 3.68. The smallest absolute Gasteiger partial charge is 0.327 e. The number of phenols is 1. The van der Waals surface area contributed by atoms with Gasteiger partial charge in [-0.3, -0.25) is 0 Å². The number of aromatic nitrogens is 3. The molecule has 19 heavy (non-hydrogen) atoms. The van der Waals surface area contributed by atoms with Gasteiger partial charge in [0.05, 0.1) is 0 Å². The molecular weight excluding hydrogens is 246 g/mol. The molecule has 1 N–H and O–H groups in total. The quantitative estimate of drug-likeness (QED) is 0.700. The minimum Gasteiger partial charge on any atom is -0.508 e. The minimum absolute atomic E-state index is 0.0222. The molecule has 0 bridgehead atoms. The van der Waals surface area contributed by atoms with Gasteiger partial charge in [-0.25, -0.2) is 0 Å². The lowest BCUT2D eigenvalue weighted by atomic mass is 10.2. The van der Waals surface area contributed by atoms with E-state index in [1.54, 1.807) is 18.2 Å². The number of imidazole rings is 1. The summed E-state index contributed by atoms with van der Waals surface area (Å²) < 4.78 is 6.56. The van der Waals surface area contributed by atoms with Crippen molar-refractivity contribution in [2.45, 2.75) is 0 Å². The molecule has 2 heterocycles. The predicted molar refractivity (Wildman–Crippen MR) is 61.8 cm³/mol. The van der Waals surface area contributed by atoms with Gasteiger partial charge in [-0.15, -0.1) is 5.10 Å². The molecule has 0 saturated heterocycles. The van der Waals surface area contributed by atoms with Crippen molar-refractivity contribution >= 4 is 5.84 Å². The summed E-state index contributed by atoms with van der Waals surface area (Å²) in [5.41, 5.74) is 0.642. The van der Waals surface area contributed by atoms with Crippen LogP contribution in [0, 0.1) is 22.7 Å². The van der Waals surface area contributed by atoms with Gasteiger partial charge in [0.2, 0.25) is 5.89 Å². The number of nitriles is 2. The van der Waals surface area contributed by atoms with Crippen LogP contribution in [0.3, 0.4) is 0 Å². The zero-order valence-electron chi connectivity index (χ0n) is 9.40. The SMILES string of the molecule is N#Cc1nc2oc(-c3ccc(O)cc3)nn2c1C#N. The zero-order valence-corrected chi connectivity index (χ0v) is 9.40. The summed E-state index contributed by atoms with van der Waals surface area (Å²) in [5.74, 6) is 0.462. The van der Waals surface area contributed by atoms with Crippen molar-refractivity contribution in [2.75, 3.05) is 0 Å². The summed E-state index contributed by atoms with van der Waals surface area (Å²) in [4.78, 5) is 3.87. The fourth-order valence-corrected chi connectivity index (χ4v) is 1.65. The molecule has 90 valence electrons. The van der Waals surface area contributed by atoms with E-state index in [0.717, 1.165) is 0 Å². The van der Waals surface area contributed by atoms with Gasteiger partial charge in [0.15, 0.2) is 11.4 Å². The lowest BCUT2D eigenvalue weighted by Crippen LogP contribution is -1.90. The van der Waals surface area contributed by atoms with Crippen LogP contribution in [0.15, 0.2) is 28.7 Å². The maximum absolute atomic E-state index is 9.21. The maximum atomic E-state index is 9.21. The Balaban J connectivity index is 2.19. The summed E-state index contributed by atoms with van der Waals surface area (Å²) in [5, 5.41) is 31.1. The Morgan fingerprint density at radius 3 is 2.53 bits per heavy atom. The molecule has 0 unspecified atom stereocenters. The molecule has 0 radical (unpaired) electrons. The van der Waals surface area contributed by atoms with Crippen molar-refractivity contribution in [1.82, 2.24) is 14.6 Å². The first-order chi connectivity index (χ1) is 9.22. The standard InChI is InChI=1S/C12H5N5O2/c13-5-9-10(6-14)17-12(15-9)19-11(16-17)7-1-3-8(18)4-2-7/h1-4,18H. The molecule has 0 aliphatic rings. The van der Waals surface area contributed by atoms with E-state index in [9.17, 15) is 5.11 Å². The third kappa shape index (κ3) is 1.58. The van der Waals surface area contributed by atoms with Crippen LogP contribution in [-0.2, 0) is 0 Å². The molecule has 3 rings (SSSR count). The Bertz CT molecular complexity index is 845. The second-order valence-corrected chi connectivity index (χ2v) is 3.68. The average Bonchev–Trinajstić information content (AvgIpc) is 2.95. The number of fused-ring (bicyclic) bond motifs is 1. The molecule has 3 aromatic rings. The van der Waals surface area contributed by atoms with Crippen LogP contribution in [0.4, 0.5) is 0 Å². The lowest BCUT2D eigenvalue weighted by molar-refractivity contribution is 0.475.